The maximum absolute atomic E-state index is 11.7. The van der Waals surface area contributed by atoms with E-state index < -0.39 is 24.2 Å². The topological polar surface area (TPSA) is 76.0 Å². The molecule has 5 saturated carbocycles. The first-order chi connectivity index (χ1) is 12.3. The van der Waals surface area contributed by atoms with E-state index in [-0.39, 0.29) is 5.57 Å². The van der Waals surface area contributed by atoms with Crippen molar-refractivity contribution in [3.8, 4) is 0 Å². The molecule has 144 valence electrons. The van der Waals surface area contributed by atoms with Gasteiger partial charge >= 0.3 is 11.9 Å². The van der Waals surface area contributed by atoms with Crippen LogP contribution in [0.4, 0.5) is 0 Å². The average Bonchev–Trinajstić information content (AvgIpc) is 3.33. The lowest BCUT2D eigenvalue weighted by Gasteiger charge is -2.49. The predicted octanol–water partition coefficient (Wildman–Crippen LogP) is 2.61. The Bertz CT molecular complexity index is 642. The summed E-state index contributed by atoms with van der Waals surface area (Å²) >= 11 is 0. The molecule has 2 N–H and O–H groups in total. The number of ether oxygens (including phenoxy) is 2. The fourth-order valence-corrected chi connectivity index (χ4v) is 8.06. The highest BCUT2D eigenvalue weighted by Gasteiger charge is 2.74. The molecule has 4 bridgehead atoms. The minimum absolute atomic E-state index is 0.241. The third-order valence-electron chi connectivity index (χ3n) is 8.43. The molecule has 0 aromatic heterocycles. The zero-order valence-corrected chi connectivity index (χ0v) is 15.5. The van der Waals surface area contributed by atoms with Crippen molar-refractivity contribution >= 4 is 5.97 Å². The monoisotopic (exact) mass is 362 g/mol. The lowest BCUT2D eigenvalue weighted by Crippen LogP contribution is -2.56. The Morgan fingerprint density at radius 1 is 1.19 bits per heavy atom. The van der Waals surface area contributed by atoms with Gasteiger partial charge in [-0.25, -0.2) is 4.79 Å². The van der Waals surface area contributed by atoms with E-state index in [2.05, 4.69) is 6.58 Å². The third kappa shape index (κ3) is 2.23. The Morgan fingerprint density at radius 3 is 2.73 bits per heavy atom. The van der Waals surface area contributed by atoms with Gasteiger partial charge in [0.2, 0.25) is 0 Å². The van der Waals surface area contributed by atoms with Gasteiger partial charge in [-0.05, 0) is 86.9 Å². The predicted molar refractivity (Wildman–Crippen MR) is 93.5 cm³/mol. The van der Waals surface area contributed by atoms with E-state index >= 15 is 0 Å². The SMILES string of the molecule is C=C(C)C(=O)OCC(O)(O)OC12CC(C3CCCC31)C1C3CCC(C3)C12. The molecular weight excluding hydrogens is 332 g/mol. The fourth-order valence-electron chi connectivity index (χ4n) is 8.06. The minimum atomic E-state index is -2.43. The van der Waals surface area contributed by atoms with Crippen molar-refractivity contribution in [1.29, 1.82) is 0 Å². The molecule has 8 unspecified atom stereocenters. The fraction of sp³-hybridized carbons (Fsp3) is 0.857. The van der Waals surface area contributed by atoms with Gasteiger partial charge in [0.1, 0.15) is 0 Å². The number of fused-ring (bicyclic) bond motifs is 12. The molecule has 5 rings (SSSR count). The van der Waals surface area contributed by atoms with Gasteiger partial charge in [0.15, 0.2) is 6.61 Å². The number of rotatable bonds is 5. The molecule has 5 heteroatoms. The zero-order valence-electron chi connectivity index (χ0n) is 15.5. The Kier molecular flexibility index (Phi) is 3.68. The molecule has 0 amide bonds. The average molecular weight is 362 g/mol. The van der Waals surface area contributed by atoms with Crippen molar-refractivity contribution in [3.05, 3.63) is 12.2 Å². The van der Waals surface area contributed by atoms with E-state index in [1.165, 1.54) is 32.1 Å². The van der Waals surface area contributed by atoms with Gasteiger partial charge < -0.3 is 19.7 Å². The van der Waals surface area contributed by atoms with Crippen LogP contribution in [0, 0.1) is 41.4 Å². The molecule has 0 radical (unpaired) electrons. The van der Waals surface area contributed by atoms with Crippen LogP contribution in [0.2, 0.25) is 0 Å². The largest absolute Gasteiger partial charge is 0.454 e. The Labute approximate surface area is 154 Å². The normalized spacial score (nSPS) is 47.9. The summed E-state index contributed by atoms with van der Waals surface area (Å²) in [4.78, 5) is 11.7. The smallest absolute Gasteiger partial charge is 0.333 e. The molecule has 26 heavy (non-hydrogen) atoms. The first-order valence-electron chi connectivity index (χ1n) is 10.3. The summed E-state index contributed by atoms with van der Waals surface area (Å²) < 4.78 is 11.2. The highest BCUT2D eigenvalue weighted by atomic mass is 16.8. The van der Waals surface area contributed by atoms with Crippen molar-refractivity contribution in [2.45, 2.75) is 63.4 Å². The number of hydrogen-bond donors (Lipinski definition) is 2. The zero-order chi connectivity index (χ0) is 18.3. The van der Waals surface area contributed by atoms with Crippen molar-refractivity contribution < 1.29 is 24.5 Å². The van der Waals surface area contributed by atoms with Gasteiger partial charge in [0, 0.05) is 5.57 Å². The van der Waals surface area contributed by atoms with Crippen molar-refractivity contribution in [1.82, 2.24) is 0 Å². The number of aliphatic hydroxyl groups is 2. The van der Waals surface area contributed by atoms with Crippen LogP contribution in [0.1, 0.15) is 51.9 Å². The summed E-state index contributed by atoms with van der Waals surface area (Å²) in [5, 5.41) is 21.1. The molecule has 0 aromatic rings. The summed E-state index contributed by atoms with van der Waals surface area (Å²) in [6.07, 6.45) is 8.47. The van der Waals surface area contributed by atoms with E-state index in [0.717, 1.165) is 18.8 Å². The lowest BCUT2D eigenvalue weighted by molar-refractivity contribution is -0.401. The van der Waals surface area contributed by atoms with Crippen molar-refractivity contribution in [2.75, 3.05) is 6.61 Å². The molecule has 5 aliphatic carbocycles. The van der Waals surface area contributed by atoms with Crippen LogP contribution in [0.25, 0.3) is 0 Å². The van der Waals surface area contributed by atoms with Crippen molar-refractivity contribution in [3.63, 3.8) is 0 Å². The van der Waals surface area contributed by atoms with E-state index in [0.29, 0.717) is 35.5 Å². The maximum Gasteiger partial charge on any atom is 0.333 e. The third-order valence-corrected chi connectivity index (χ3v) is 8.43. The number of carbonyl (C=O) groups excluding carboxylic acids is 1. The molecule has 5 nitrogen and oxygen atoms in total. The Hall–Kier alpha value is -0.910. The van der Waals surface area contributed by atoms with Crippen LogP contribution >= 0.6 is 0 Å². The quantitative estimate of drug-likeness (QED) is 0.340. The van der Waals surface area contributed by atoms with Crippen LogP contribution in [-0.2, 0) is 14.3 Å². The van der Waals surface area contributed by atoms with Gasteiger partial charge in [-0.3, -0.25) is 0 Å². The van der Waals surface area contributed by atoms with Crippen molar-refractivity contribution in [2.24, 2.45) is 41.4 Å². The summed E-state index contributed by atoms with van der Waals surface area (Å²) in [6.45, 7) is 4.51. The van der Waals surface area contributed by atoms with Crippen LogP contribution in [0.3, 0.4) is 0 Å². The molecule has 0 spiro atoms. The van der Waals surface area contributed by atoms with Gasteiger partial charge in [-0.1, -0.05) is 13.0 Å². The molecule has 5 fully saturated rings. The van der Waals surface area contributed by atoms with Crippen LogP contribution in [-0.4, -0.2) is 34.4 Å². The molecule has 0 heterocycles. The first-order valence-corrected chi connectivity index (χ1v) is 10.3. The molecule has 5 aliphatic rings. The summed E-state index contributed by atoms with van der Waals surface area (Å²) in [5.74, 6) is 1.42. The van der Waals surface area contributed by atoms with Gasteiger partial charge in [-0.2, -0.15) is 0 Å². The summed E-state index contributed by atoms with van der Waals surface area (Å²) in [6, 6.07) is 0. The van der Waals surface area contributed by atoms with Gasteiger partial charge in [0.05, 0.1) is 5.60 Å². The first kappa shape index (κ1) is 17.2. The van der Waals surface area contributed by atoms with Crippen LogP contribution in [0.5, 0.6) is 0 Å². The molecule has 0 saturated heterocycles. The molecule has 0 aliphatic heterocycles. The van der Waals surface area contributed by atoms with E-state index in [1.807, 2.05) is 0 Å². The highest BCUT2D eigenvalue weighted by Crippen LogP contribution is 2.75. The Balaban J connectivity index is 1.41. The molecular formula is C21H30O5. The lowest BCUT2D eigenvalue weighted by atomic mass is 9.62. The maximum atomic E-state index is 11.7. The van der Waals surface area contributed by atoms with Crippen LogP contribution < -0.4 is 0 Å². The second-order valence-corrected chi connectivity index (χ2v) is 9.66. The van der Waals surface area contributed by atoms with Gasteiger partial charge in [0.25, 0.3) is 0 Å². The summed E-state index contributed by atoms with van der Waals surface area (Å²) in [5.41, 5.74) is -0.195. The standard InChI is InChI=1S/C21H30O5/c1-11(2)19(22)25-10-21(23,24)26-20-9-15(14-4-3-5-16(14)20)17-12-6-7-13(8-12)18(17)20/h12-18,23-24H,1,3-10H2,2H3. The van der Waals surface area contributed by atoms with Crippen LogP contribution in [0.15, 0.2) is 12.2 Å². The van der Waals surface area contributed by atoms with E-state index in [4.69, 9.17) is 9.47 Å². The van der Waals surface area contributed by atoms with Gasteiger partial charge in [-0.15, -0.1) is 0 Å². The summed E-state index contributed by atoms with van der Waals surface area (Å²) in [7, 11) is 0. The number of hydrogen-bond acceptors (Lipinski definition) is 5. The second-order valence-electron chi connectivity index (χ2n) is 9.66. The molecule has 8 atom stereocenters. The Morgan fingerprint density at radius 2 is 1.96 bits per heavy atom. The van der Waals surface area contributed by atoms with E-state index in [1.54, 1.807) is 6.92 Å². The van der Waals surface area contributed by atoms with E-state index in [9.17, 15) is 15.0 Å². The number of esters is 1. The minimum Gasteiger partial charge on any atom is -0.454 e. The molecule has 0 aromatic carbocycles. The highest BCUT2D eigenvalue weighted by molar-refractivity contribution is 5.86. The second kappa shape index (κ2) is 5.55. The number of carbonyl (C=O) groups is 1.